The Balaban J connectivity index is 2.15. The lowest BCUT2D eigenvalue weighted by atomic mass is 10.0. The Morgan fingerprint density at radius 1 is 1.47 bits per heavy atom. The van der Waals surface area contributed by atoms with Crippen molar-refractivity contribution in [1.82, 2.24) is 10.3 Å². The van der Waals surface area contributed by atoms with Crippen molar-refractivity contribution in [3.63, 3.8) is 0 Å². The Labute approximate surface area is 101 Å². The second-order valence-electron chi connectivity index (χ2n) is 5.31. The quantitative estimate of drug-likeness (QED) is 0.793. The van der Waals surface area contributed by atoms with Gasteiger partial charge >= 0.3 is 5.97 Å². The highest BCUT2D eigenvalue weighted by Gasteiger charge is 2.29. The highest BCUT2D eigenvalue weighted by molar-refractivity contribution is 5.88. The number of carbonyl (C=O) groups excluding carboxylic acids is 1. The van der Waals surface area contributed by atoms with Crippen molar-refractivity contribution in [1.29, 1.82) is 0 Å². The first-order valence-corrected chi connectivity index (χ1v) is 5.78. The summed E-state index contributed by atoms with van der Waals surface area (Å²) in [6.07, 6.45) is 0. The van der Waals surface area contributed by atoms with E-state index in [1.165, 1.54) is 0 Å². The van der Waals surface area contributed by atoms with Gasteiger partial charge in [-0.25, -0.2) is 9.78 Å². The molecule has 0 amide bonds. The Hall–Kier alpha value is -1.36. The van der Waals surface area contributed by atoms with Crippen molar-refractivity contribution in [2.75, 3.05) is 13.1 Å². The van der Waals surface area contributed by atoms with E-state index in [0.29, 0.717) is 17.3 Å². The zero-order valence-corrected chi connectivity index (χ0v) is 10.7. The van der Waals surface area contributed by atoms with Gasteiger partial charge in [0.15, 0.2) is 5.69 Å². The van der Waals surface area contributed by atoms with Gasteiger partial charge in [0, 0.05) is 13.1 Å². The van der Waals surface area contributed by atoms with E-state index in [2.05, 4.69) is 10.3 Å². The Morgan fingerprint density at radius 2 is 2.12 bits per heavy atom. The van der Waals surface area contributed by atoms with Crippen LogP contribution >= 0.6 is 0 Å². The molecule has 17 heavy (non-hydrogen) atoms. The van der Waals surface area contributed by atoms with Crippen LogP contribution in [0.1, 0.15) is 48.8 Å². The summed E-state index contributed by atoms with van der Waals surface area (Å²) in [6.45, 7) is 8.94. The molecule has 94 valence electrons. The van der Waals surface area contributed by atoms with Gasteiger partial charge < -0.3 is 14.5 Å². The Bertz CT molecular complexity index is 427. The van der Waals surface area contributed by atoms with Gasteiger partial charge in [0.05, 0.1) is 5.92 Å². The molecule has 0 atom stereocenters. The molecule has 1 fully saturated rings. The van der Waals surface area contributed by atoms with E-state index in [0.717, 1.165) is 13.1 Å². The van der Waals surface area contributed by atoms with Gasteiger partial charge in [-0.3, -0.25) is 0 Å². The molecule has 0 saturated carbocycles. The van der Waals surface area contributed by atoms with E-state index in [1.54, 1.807) is 6.92 Å². The van der Waals surface area contributed by atoms with E-state index >= 15 is 0 Å². The van der Waals surface area contributed by atoms with E-state index in [9.17, 15) is 4.79 Å². The molecule has 0 radical (unpaired) electrons. The lowest BCUT2D eigenvalue weighted by molar-refractivity contribution is 0.00617. The standard InChI is InChI=1S/C12H18N2O3/c1-7-9(11(15)17-12(2,3)4)14-10(16-7)8-5-13-6-8/h8,13H,5-6H2,1-4H3. The third-order valence-corrected chi connectivity index (χ3v) is 2.54. The lowest BCUT2D eigenvalue weighted by Gasteiger charge is -2.23. The average Bonchev–Trinajstić information content (AvgIpc) is 2.40. The molecule has 1 aliphatic heterocycles. The van der Waals surface area contributed by atoms with Crippen LogP contribution < -0.4 is 5.32 Å². The zero-order valence-electron chi connectivity index (χ0n) is 10.7. The van der Waals surface area contributed by atoms with Crippen LogP contribution in [0, 0.1) is 6.92 Å². The first-order valence-electron chi connectivity index (χ1n) is 5.78. The molecule has 0 spiro atoms. The number of oxazole rings is 1. The summed E-state index contributed by atoms with van der Waals surface area (Å²) in [4.78, 5) is 16.1. The monoisotopic (exact) mass is 238 g/mol. The number of nitrogens with zero attached hydrogens (tertiary/aromatic N) is 1. The number of aromatic nitrogens is 1. The van der Waals surface area contributed by atoms with Crippen LogP contribution in [0.4, 0.5) is 0 Å². The second kappa shape index (κ2) is 4.14. The van der Waals surface area contributed by atoms with E-state index in [-0.39, 0.29) is 5.92 Å². The lowest BCUT2D eigenvalue weighted by Crippen LogP contribution is -2.40. The molecule has 1 aromatic rings. The number of hydrogen-bond acceptors (Lipinski definition) is 5. The molecule has 1 aromatic heterocycles. The van der Waals surface area contributed by atoms with Crippen molar-refractivity contribution in [2.45, 2.75) is 39.2 Å². The second-order valence-corrected chi connectivity index (χ2v) is 5.31. The summed E-state index contributed by atoms with van der Waals surface area (Å²) in [6, 6.07) is 0. The smallest absolute Gasteiger partial charge is 0.361 e. The average molecular weight is 238 g/mol. The molecule has 5 heteroatoms. The minimum atomic E-state index is -0.513. The molecule has 0 aromatic carbocycles. The van der Waals surface area contributed by atoms with Gasteiger partial charge in [0.2, 0.25) is 5.89 Å². The molecule has 5 nitrogen and oxygen atoms in total. The van der Waals surface area contributed by atoms with Crippen LogP contribution in [0.15, 0.2) is 4.42 Å². The van der Waals surface area contributed by atoms with Crippen molar-refractivity contribution in [2.24, 2.45) is 0 Å². The molecule has 0 unspecified atom stereocenters. The van der Waals surface area contributed by atoms with Crippen molar-refractivity contribution in [3.8, 4) is 0 Å². The summed E-state index contributed by atoms with van der Waals surface area (Å²) in [5.74, 6) is 1.02. The molecule has 0 bridgehead atoms. The predicted octanol–water partition coefficient (Wildman–Crippen LogP) is 1.63. The highest BCUT2D eigenvalue weighted by Crippen LogP contribution is 2.23. The predicted molar refractivity (Wildman–Crippen MR) is 62.0 cm³/mol. The number of carbonyl (C=O) groups is 1. The van der Waals surface area contributed by atoms with Crippen LogP contribution in [0.3, 0.4) is 0 Å². The molecule has 0 aliphatic carbocycles. The molecular weight excluding hydrogens is 220 g/mol. The van der Waals surface area contributed by atoms with Gasteiger partial charge in [-0.1, -0.05) is 0 Å². The molecular formula is C12H18N2O3. The fourth-order valence-corrected chi connectivity index (χ4v) is 1.57. The van der Waals surface area contributed by atoms with E-state index < -0.39 is 11.6 Å². The van der Waals surface area contributed by atoms with Gasteiger partial charge in [-0.2, -0.15) is 0 Å². The topological polar surface area (TPSA) is 64.4 Å². The largest absolute Gasteiger partial charge is 0.455 e. The molecule has 2 rings (SSSR count). The maximum absolute atomic E-state index is 11.9. The highest BCUT2D eigenvalue weighted by atomic mass is 16.6. The van der Waals surface area contributed by atoms with Crippen LogP contribution in [0.5, 0.6) is 0 Å². The number of esters is 1. The molecule has 2 heterocycles. The third kappa shape index (κ3) is 2.66. The molecule has 1 N–H and O–H groups in total. The summed E-state index contributed by atoms with van der Waals surface area (Å²) in [5, 5.41) is 3.14. The van der Waals surface area contributed by atoms with E-state index in [1.807, 2.05) is 20.8 Å². The first-order chi connectivity index (χ1) is 7.87. The summed E-state index contributed by atoms with van der Waals surface area (Å²) < 4.78 is 10.8. The van der Waals surface area contributed by atoms with Crippen LogP contribution in [0.2, 0.25) is 0 Å². The van der Waals surface area contributed by atoms with Crippen LogP contribution in [-0.2, 0) is 4.74 Å². The summed E-state index contributed by atoms with van der Waals surface area (Å²) in [5.41, 5.74) is -0.220. The number of hydrogen-bond donors (Lipinski definition) is 1. The summed E-state index contributed by atoms with van der Waals surface area (Å²) >= 11 is 0. The minimum absolute atomic E-state index is 0.282. The number of nitrogens with one attached hydrogen (secondary N) is 1. The fraction of sp³-hybridized carbons (Fsp3) is 0.667. The first kappa shape index (κ1) is 12.1. The number of rotatable bonds is 2. The Morgan fingerprint density at radius 3 is 2.59 bits per heavy atom. The van der Waals surface area contributed by atoms with Crippen molar-refractivity contribution < 1.29 is 13.9 Å². The summed E-state index contributed by atoms with van der Waals surface area (Å²) in [7, 11) is 0. The molecule has 1 aliphatic rings. The van der Waals surface area contributed by atoms with Crippen LogP contribution in [0.25, 0.3) is 0 Å². The number of aryl methyl sites for hydroxylation is 1. The normalized spacial score (nSPS) is 16.7. The SMILES string of the molecule is Cc1oc(C2CNC2)nc1C(=O)OC(C)(C)C. The molecule has 1 saturated heterocycles. The Kier molecular flexibility index (Phi) is 2.95. The van der Waals surface area contributed by atoms with Gasteiger partial charge in [0.1, 0.15) is 11.4 Å². The van der Waals surface area contributed by atoms with Crippen molar-refractivity contribution >= 4 is 5.97 Å². The third-order valence-electron chi connectivity index (χ3n) is 2.54. The van der Waals surface area contributed by atoms with Crippen molar-refractivity contribution in [3.05, 3.63) is 17.3 Å². The minimum Gasteiger partial charge on any atom is -0.455 e. The van der Waals surface area contributed by atoms with Gasteiger partial charge in [-0.05, 0) is 27.7 Å². The maximum Gasteiger partial charge on any atom is 0.361 e. The van der Waals surface area contributed by atoms with E-state index in [4.69, 9.17) is 9.15 Å². The van der Waals surface area contributed by atoms with Crippen LogP contribution in [-0.4, -0.2) is 29.6 Å². The van der Waals surface area contributed by atoms with Gasteiger partial charge in [0.25, 0.3) is 0 Å². The zero-order chi connectivity index (χ0) is 12.6. The number of ether oxygens (including phenoxy) is 1. The fourth-order valence-electron chi connectivity index (χ4n) is 1.57. The van der Waals surface area contributed by atoms with Gasteiger partial charge in [-0.15, -0.1) is 0 Å². The maximum atomic E-state index is 11.9.